The number of hydrogen-bond donors (Lipinski definition) is 0. The number of rotatable bonds is 8. The lowest BCUT2D eigenvalue weighted by Gasteiger charge is -2.26. The first-order valence-electron chi connectivity index (χ1n) is 9.42. The normalized spacial score (nSPS) is 11.4. The number of hydrogen-bond acceptors (Lipinski definition) is 3. The minimum atomic E-state index is -0.304. The molecule has 0 heterocycles. The van der Waals surface area contributed by atoms with Crippen LogP contribution in [0.1, 0.15) is 25.0 Å². The van der Waals surface area contributed by atoms with Gasteiger partial charge in [0.05, 0.1) is 30.4 Å². The molecule has 0 atom stereocenters. The van der Waals surface area contributed by atoms with Crippen LogP contribution in [0, 0.1) is 5.82 Å². The van der Waals surface area contributed by atoms with Gasteiger partial charge in [-0.2, -0.15) is 0 Å². The van der Waals surface area contributed by atoms with Gasteiger partial charge in [0, 0.05) is 5.41 Å². The highest BCUT2D eigenvalue weighted by Gasteiger charge is 2.24. The highest BCUT2D eigenvalue weighted by molar-refractivity contribution is 6.37. The summed E-state index contributed by atoms with van der Waals surface area (Å²) in [5, 5.41) is 0.942. The third-order valence-corrected chi connectivity index (χ3v) is 5.22. The molecule has 3 aromatic carbocycles. The average Bonchev–Trinajstić information content (AvgIpc) is 2.70. The first-order valence-corrected chi connectivity index (χ1v) is 10.2. The van der Waals surface area contributed by atoms with E-state index in [-0.39, 0.29) is 11.2 Å². The van der Waals surface area contributed by atoms with Gasteiger partial charge in [-0.3, -0.25) is 0 Å². The van der Waals surface area contributed by atoms with Gasteiger partial charge < -0.3 is 14.2 Å². The number of benzene rings is 3. The average molecular weight is 449 g/mol. The standard InChI is InChI=1S/C24H23Cl2FO3/c1-24(2,17-12-21(25)23(28-3)22(26)13-17)15-29-14-16-5-4-6-20(11-16)30-19-9-7-18(27)8-10-19/h4-13H,14-15H2,1-3H3. The molecule has 0 N–H and O–H groups in total. The molecule has 0 aliphatic rings. The third kappa shape index (κ3) is 5.66. The lowest BCUT2D eigenvalue weighted by Crippen LogP contribution is -2.24. The van der Waals surface area contributed by atoms with Crippen molar-refractivity contribution < 1.29 is 18.6 Å². The molecule has 0 saturated heterocycles. The van der Waals surface area contributed by atoms with Crippen LogP contribution in [0.5, 0.6) is 17.2 Å². The zero-order valence-electron chi connectivity index (χ0n) is 17.0. The van der Waals surface area contributed by atoms with Gasteiger partial charge in [0.25, 0.3) is 0 Å². The van der Waals surface area contributed by atoms with E-state index >= 15 is 0 Å². The highest BCUT2D eigenvalue weighted by atomic mass is 35.5. The Labute approximate surface area is 186 Å². The van der Waals surface area contributed by atoms with Crippen LogP contribution >= 0.6 is 23.2 Å². The number of ether oxygens (including phenoxy) is 3. The van der Waals surface area contributed by atoms with Crippen molar-refractivity contribution in [2.45, 2.75) is 25.9 Å². The van der Waals surface area contributed by atoms with E-state index in [1.165, 1.54) is 19.2 Å². The molecule has 0 spiro atoms. The van der Waals surface area contributed by atoms with E-state index in [4.69, 9.17) is 37.4 Å². The maximum atomic E-state index is 13.0. The van der Waals surface area contributed by atoms with Crippen molar-refractivity contribution in [3.05, 3.63) is 87.7 Å². The Morgan fingerprint density at radius 3 is 2.20 bits per heavy atom. The molecule has 0 aromatic heterocycles. The minimum Gasteiger partial charge on any atom is -0.494 e. The van der Waals surface area contributed by atoms with Crippen LogP contribution in [0.2, 0.25) is 10.0 Å². The van der Waals surface area contributed by atoms with Gasteiger partial charge in [0.1, 0.15) is 17.3 Å². The molecule has 0 radical (unpaired) electrons. The molecular weight excluding hydrogens is 426 g/mol. The summed E-state index contributed by atoms with van der Waals surface area (Å²) in [5.41, 5.74) is 1.63. The van der Waals surface area contributed by atoms with E-state index in [2.05, 4.69) is 13.8 Å². The van der Waals surface area contributed by atoms with Gasteiger partial charge in [0.2, 0.25) is 0 Å². The quantitative estimate of drug-likeness (QED) is 0.358. The summed E-state index contributed by atoms with van der Waals surface area (Å²) >= 11 is 12.6. The fraction of sp³-hybridized carbons (Fsp3) is 0.250. The summed E-state index contributed by atoms with van der Waals surface area (Å²) in [4.78, 5) is 0. The van der Waals surface area contributed by atoms with Gasteiger partial charge in [-0.05, 0) is 59.7 Å². The molecule has 0 unspecified atom stereocenters. The van der Waals surface area contributed by atoms with Crippen LogP contribution in [-0.2, 0) is 16.8 Å². The van der Waals surface area contributed by atoms with Crippen molar-refractivity contribution in [3.8, 4) is 17.2 Å². The van der Waals surface area contributed by atoms with Crippen LogP contribution in [0.15, 0.2) is 60.7 Å². The van der Waals surface area contributed by atoms with E-state index < -0.39 is 0 Å². The molecule has 3 aromatic rings. The lowest BCUT2D eigenvalue weighted by atomic mass is 9.85. The van der Waals surface area contributed by atoms with Crippen LogP contribution in [0.3, 0.4) is 0 Å². The molecule has 3 rings (SSSR count). The van der Waals surface area contributed by atoms with Gasteiger partial charge in [-0.25, -0.2) is 4.39 Å². The topological polar surface area (TPSA) is 27.7 Å². The molecule has 6 heteroatoms. The molecule has 158 valence electrons. The zero-order valence-corrected chi connectivity index (χ0v) is 18.6. The molecule has 0 saturated carbocycles. The second kappa shape index (κ2) is 9.69. The summed E-state index contributed by atoms with van der Waals surface area (Å²) in [7, 11) is 1.54. The molecule has 30 heavy (non-hydrogen) atoms. The minimum absolute atomic E-state index is 0.299. The van der Waals surface area contributed by atoms with Gasteiger partial charge >= 0.3 is 0 Å². The number of halogens is 3. The number of methoxy groups -OCH3 is 1. The van der Waals surface area contributed by atoms with Crippen LogP contribution < -0.4 is 9.47 Å². The first kappa shape index (κ1) is 22.4. The van der Waals surface area contributed by atoms with E-state index in [0.29, 0.717) is 40.5 Å². The maximum Gasteiger partial charge on any atom is 0.156 e. The summed E-state index contributed by atoms with van der Waals surface area (Å²) < 4.78 is 30.0. The Bertz CT molecular complexity index is 981. The zero-order chi connectivity index (χ0) is 21.7. The summed E-state index contributed by atoms with van der Waals surface area (Å²) in [5.74, 6) is 1.41. The van der Waals surface area contributed by atoms with Crippen LogP contribution in [-0.4, -0.2) is 13.7 Å². The Kier molecular flexibility index (Phi) is 7.24. The highest BCUT2D eigenvalue weighted by Crippen LogP contribution is 2.38. The van der Waals surface area contributed by atoms with Gasteiger partial charge in [-0.15, -0.1) is 0 Å². The maximum absolute atomic E-state index is 13.0. The van der Waals surface area contributed by atoms with Gasteiger partial charge in [-0.1, -0.05) is 49.2 Å². The smallest absolute Gasteiger partial charge is 0.156 e. The van der Waals surface area contributed by atoms with Crippen molar-refractivity contribution in [1.29, 1.82) is 0 Å². The van der Waals surface area contributed by atoms with Crippen LogP contribution in [0.25, 0.3) is 0 Å². The van der Waals surface area contributed by atoms with Crippen molar-refractivity contribution in [3.63, 3.8) is 0 Å². The summed E-state index contributed by atoms with van der Waals surface area (Å²) in [6.07, 6.45) is 0. The largest absolute Gasteiger partial charge is 0.494 e. The van der Waals surface area contributed by atoms with Crippen molar-refractivity contribution in [1.82, 2.24) is 0 Å². The van der Waals surface area contributed by atoms with E-state index in [1.807, 2.05) is 36.4 Å². The van der Waals surface area contributed by atoms with Crippen molar-refractivity contribution in [2.75, 3.05) is 13.7 Å². The second-order valence-corrected chi connectivity index (χ2v) is 8.37. The third-order valence-electron chi connectivity index (χ3n) is 4.66. The molecule has 0 bridgehead atoms. The van der Waals surface area contributed by atoms with Gasteiger partial charge in [0.15, 0.2) is 5.75 Å². The molecule has 0 aliphatic heterocycles. The molecule has 0 aliphatic carbocycles. The molecule has 3 nitrogen and oxygen atoms in total. The van der Waals surface area contributed by atoms with E-state index in [0.717, 1.165) is 11.1 Å². The summed E-state index contributed by atoms with van der Waals surface area (Å²) in [6.45, 7) is 5.02. The second-order valence-electron chi connectivity index (χ2n) is 7.55. The fourth-order valence-electron chi connectivity index (χ4n) is 2.99. The predicted molar refractivity (Wildman–Crippen MR) is 119 cm³/mol. The SMILES string of the molecule is COc1c(Cl)cc(C(C)(C)COCc2cccc(Oc3ccc(F)cc3)c2)cc1Cl. The first-order chi connectivity index (χ1) is 14.3. The van der Waals surface area contributed by atoms with Crippen LogP contribution in [0.4, 0.5) is 4.39 Å². The monoisotopic (exact) mass is 448 g/mol. The van der Waals surface area contributed by atoms with Crippen molar-refractivity contribution in [2.24, 2.45) is 0 Å². The Morgan fingerprint density at radius 1 is 0.900 bits per heavy atom. The molecule has 0 amide bonds. The van der Waals surface area contributed by atoms with E-state index in [9.17, 15) is 4.39 Å². The fourth-order valence-corrected chi connectivity index (χ4v) is 3.63. The lowest BCUT2D eigenvalue weighted by molar-refractivity contribution is 0.0824. The van der Waals surface area contributed by atoms with E-state index in [1.54, 1.807) is 12.1 Å². The molecule has 0 fully saturated rings. The Balaban J connectivity index is 1.62. The Hall–Kier alpha value is -2.27. The predicted octanol–water partition coefficient (Wildman–Crippen LogP) is 7.43. The van der Waals surface area contributed by atoms with Crippen molar-refractivity contribution >= 4 is 23.2 Å². The summed E-state index contributed by atoms with van der Waals surface area (Å²) in [6, 6.07) is 17.2. The Morgan fingerprint density at radius 2 is 1.57 bits per heavy atom. The molecular formula is C24H23Cl2FO3.